The van der Waals surface area contributed by atoms with Crippen LogP contribution >= 0.6 is 0 Å². The smallest absolute Gasteiger partial charge is 0.225 e. The van der Waals surface area contributed by atoms with Gasteiger partial charge < -0.3 is 14.7 Å². The van der Waals surface area contributed by atoms with Gasteiger partial charge in [0, 0.05) is 20.7 Å². The van der Waals surface area contributed by atoms with E-state index in [2.05, 4.69) is 0 Å². The molecule has 1 N–H and O–H groups in total. The van der Waals surface area contributed by atoms with E-state index in [1.54, 1.807) is 26.0 Å². The molecule has 0 aromatic heterocycles. The van der Waals surface area contributed by atoms with Crippen LogP contribution in [-0.4, -0.2) is 48.3 Å². The largest absolute Gasteiger partial charge is 0.393 e. The molecule has 1 unspecified atom stereocenters. The second-order valence-corrected chi connectivity index (χ2v) is 4.87. The standard InChI is InChI=1S/C12H23NO3/c1-10(14)5-8-13(2)11(15)9-12(16-3)6-4-7-12/h10,14H,4-9H2,1-3H3. The lowest BCUT2D eigenvalue weighted by molar-refractivity contribution is -0.143. The van der Waals surface area contributed by atoms with Gasteiger partial charge >= 0.3 is 0 Å². The van der Waals surface area contributed by atoms with Crippen molar-refractivity contribution in [3.63, 3.8) is 0 Å². The van der Waals surface area contributed by atoms with Crippen LogP contribution in [0.25, 0.3) is 0 Å². The molecule has 0 aromatic carbocycles. The fourth-order valence-corrected chi connectivity index (χ4v) is 1.94. The highest BCUT2D eigenvalue weighted by molar-refractivity contribution is 5.77. The van der Waals surface area contributed by atoms with Gasteiger partial charge in [-0.3, -0.25) is 4.79 Å². The van der Waals surface area contributed by atoms with E-state index >= 15 is 0 Å². The van der Waals surface area contributed by atoms with Gasteiger partial charge in [-0.1, -0.05) is 0 Å². The number of amides is 1. The molecule has 0 bridgehead atoms. The van der Waals surface area contributed by atoms with Crippen molar-refractivity contribution >= 4 is 5.91 Å². The van der Waals surface area contributed by atoms with E-state index in [1.165, 1.54) is 0 Å². The van der Waals surface area contributed by atoms with Crippen molar-refractivity contribution in [1.29, 1.82) is 0 Å². The van der Waals surface area contributed by atoms with Gasteiger partial charge in [0.05, 0.1) is 18.1 Å². The van der Waals surface area contributed by atoms with Gasteiger partial charge in [-0.2, -0.15) is 0 Å². The summed E-state index contributed by atoms with van der Waals surface area (Å²) in [5, 5.41) is 9.16. The minimum absolute atomic E-state index is 0.113. The van der Waals surface area contributed by atoms with Crippen molar-refractivity contribution in [2.24, 2.45) is 0 Å². The number of nitrogens with zero attached hydrogens (tertiary/aromatic N) is 1. The molecule has 1 atom stereocenters. The first kappa shape index (κ1) is 13.5. The van der Waals surface area contributed by atoms with Gasteiger partial charge in [0.15, 0.2) is 0 Å². The summed E-state index contributed by atoms with van der Waals surface area (Å²) in [5.41, 5.74) is -0.198. The van der Waals surface area contributed by atoms with E-state index in [1.807, 2.05) is 0 Å². The Labute approximate surface area is 97.6 Å². The zero-order valence-corrected chi connectivity index (χ0v) is 10.5. The lowest BCUT2D eigenvalue weighted by Crippen LogP contribution is -2.44. The van der Waals surface area contributed by atoms with Gasteiger partial charge in [0.2, 0.25) is 5.91 Å². The number of methoxy groups -OCH3 is 1. The zero-order chi connectivity index (χ0) is 12.2. The van der Waals surface area contributed by atoms with E-state index in [-0.39, 0.29) is 17.6 Å². The summed E-state index contributed by atoms with van der Waals surface area (Å²) in [5.74, 6) is 0.113. The van der Waals surface area contributed by atoms with Crippen LogP contribution in [-0.2, 0) is 9.53 Å². The van der Waals surface area contributed by atoms with Crippen molar-refractivity contribution < 1.29 is 14.6 Å². The molecule has 1 aliphatic carbocycles. The minimum Gasteiger partial charge on any atom is -0.393 e. The Morgan fingerprint density at radius 3 is 2.56 bits per heavy atom. The molecule has 0 aliphatic heterocycles. The summed E-state index contributed by atoms with van der Waals surface area (Å²) < 4.78 is 5.42. The minimum atomic E-state index is -0.352. The summed E-state index contributed by atoms with van der Waals surface area (Å²) in [6.45, 7) is 2.34. The van der Waals surface area contributed by atoms with Crippen LogP contribution in [0.1, 0.15) is 39.0 Å². The van der Waals surface area contributed by atoms with Crippen LogP contribution < -0.4 is 0 Å². The molecule has 0 saturated heterocycles. The van der Waals surface area contributed by atoms with Crippen LogP contribution in [0, 0.1) is 0 Å². The topological polar surface area (TPSA) is 49.8 Å². The lowest BCUT2D eigenvalue weighted by Gasteiger charge is -2.40. The third-order valence-electron chi connectivity index (χ3n) is 3.48. The van der Waals surface area contributed by atoms with Crippen LogP contribution in [0.5, 0.6) is 0 Å². The summed E-state index contributed by atoms with van der Waals surface area (Å²) in [7, 11) is 3.47. The number of rotatable bonds is 6. The van der Waals surface area contributed by atoms with Gasteiger partial charge in [0.1, 0.15) is 0 Å². The Balaban J connectivity index is 2.33. The first-order chi connectivity index (χ1) is 7.49. The number of carbonyl (C=O) groups excluding carboxylic acids is 1. The number of aliphatic hydroxyl groups is 1. The number of aliphatic hydroxyl groups excluding tert-OH is 1. The normalized spacial score (nSPS) is 20.0. The average molecular weight is 229 g/mol. The molecule has 0 aromatic rings. The van der Waals surface area contributed by atoms with Gasteiger partial charge in [0.25, 0.3) is 0 Å². The number of hydrogen-bond donors (Lipinski definition) is 1. The summed E-state index contributed by atoms with van der Waals surface area (Å²) in [6.07, 6.45) is 3.87. The molecular weight excluding hydrogens is 206 g/mol. The molecule has 1 rings (SSSR count). The molecule has 4 nitrogen and oxygen atoms in total. The maximum atomic E-state index is 11.9. The van der Waals surface area contributed by atoms with Crippen molar-refractivity contribution in [3.8, 4) is 0 Å². The van der Waals surface area contributed by atoms with E-state index in [0.29, 0.717) is 19.4 Å². The van der Waals surface area contributed by atoms with Crippen molar-refractivity contribution in [2.45, 2.75) is 50.7 Å². The molecule has 1 saturated carbocycles. The second-order valence-electron chi connectivity index (χ2n) is 4.87. The molecule has 1 aliphatic rings. The van der Waals surface area contributed by atoms with Gasteiger partial charge in [-0.25, -0.2) is 0 Å². The Bertz CT molecular complexity index is 231. The van der Waals surface area contributed by atoms with E-state index in [4.69, 9.17) is 9.84 Å². The highest BCUT2D eigenvalue weighted by atomic mass is 16.5. The quantitative estimate of drug-likeness (QED) is 0.744. The summed E-state index contributed by atoms with van der Waals surface area (Å²) in [6, 6.07) is 0. The lowest BCUT2D eigenvalue weighted by atomic mass is 9.77. The molecule has 0 radical (unpaired) electrons. The molecule has 1 amide bonds. The third kappa shape index (κ3) is 3.46. The molecule has 0 heterocycles. The van der Waals surface area contributed by atoms with Gasteiger partial charge in [-0.15, -0.1) is 0 Å². The van der Waals surface area contributed by atoms with E-state index in [0.717, 1.165) is 19.3 Å². The first-order valence-corrected chi connectivity index (χ1v) is 5.96. The molecule has 4 heteroatoms. The van der Waals surface area contributed by atoms with Crippen molar-refractivity contribution in [3.05, 3.63) is 0 Å². The number of hydrogen-bond acceptors (Lipinski definition) is 3. The number of ether oxygens (including phenoxy) is 1. The molecule has 0 spiro atoms. The fourth-order valence-electron chi connectivity index (χ4n) is 1.94. The predicted molar refractivity (Wildman–Crippen MR) is 62.1 cm³/mol. The first-order valence-electron chi connectivity index (χ1n) is 5.96. The van der Waals surface area contributed by atoms with Crippen LogP contribution in [0.15, 0.2) is 0 Å². The SMILES string of the molecule is COC1(CC(=O)N(C)CCC(C)O)CCC1. The van der Waals surface area contributed by atoms with Gasteiger partial charge in [-0.05, 0) is 32.6 Å². The maximum Gasteiger partial charge on any atom is 0.225 e. The van der Waals surface area contributed by atoms with E-state index < -0.39 is 0 Å². The van der Waals surface area contributed by atoms with Crippen LogP contribution in [0.2, 0.25) is 0 Å². The summed E-state index contributed by atoms with van der Waals surface area (Å²) in [4.78, 5) is 13.6. The van der Waals surface area contributed by atoms with Crippen molar-refractivity contribution in [2.75, 3.05) is 20.7 Å². The Morgan fingerprint density at radius 1 is 1.56 bits per heavy atom. The highest BCUT2D eigenvalue weighted by Crippen LogP contribution is 2.38. The molecule has 1 fully saturated rings. The fraction of sp³-hybridized carbons (Fsp3) is 0.917. The molecule has 16 heavy (non-hydrogen) atoms. The van der Waals surface area contributed by atoms with Crippen LogP contribution in [0.3, 0.4) is 0 Å². The monoisotopic (exact) mass is 229 g/mol. The second kappa shape index (κ2) is 5.64. The summed E-state index contributed by atoms with van der Waals surface area (Å²) >= 11 is 0. The van der Waals surface area contributed by atoms with Crippen LogP contribution in [0.4, 0.5) is 0 Å². The van der Waals surface area contributed by atoms with Crippen molar-refractivity contribution in [1.82, 2.24) is 4.90 Å². The average Bonchev–Trinajstić information content (AvgIpc) is 2.19. The molecular formula is C12H23NO3. The number of carbonyl (C=O) groups is 1. The zero-order valence-electron chi connectivity index (χ0n) is 10.5. The van der Waals surface area contributed by atoms with E-state index in [9.17, 15) is 4.79 Å². The highest BCUT2D eigenvalue weighted by Gasteiger charge is 2.39. The third-order valence-corrected chi connectivity index (χ3v) is 3.48. The Morgan fingerprint density at radius 2 is 2.19 bits per heavy atom. The Kier molecular flexibility index (Phi) is 4.74. The molecule has 94 valence electrons. The Hall–Kier alpha value is -0.610. The predicted octanol–water partition coefficient (Wildman–Crippen LogP) is 1.17. The maximum absolute atomic E-state index is 11.9.